The van der Waals surface area contributed by atoms with Crippen molar-refractivity contribution in [3.8, 4) is 0 Å². The van der Waals surface area contributed by atoms with Crippen LogP contribution >= 0.6 is 0 Å². The number of anilines is 2. The maximum Gasteiger partial charge on any atom is 0.195 e. The summed E-state index contributed by atoms with van der Waals surface area (Å²) in [6, 6.07) is 24.8. The highest BCUT2D eigenvalue weighted by atomic mass is 16.1. The molecule has 0 spiro atoms. The topological polar surface area (TPSA) is 40.6 Å². The second-order valence-corrected chi connectivity index (χ2v) is 7.64. The smallest absolute Gasteiger partial charge is 0.195 e. The molecule has 0 saturated carbocycles. The van der Waals surface area contributed by atoms with Gasteiger partial charge in [-0.2, -0.15) is 0 Å². The van der Waals surface area contributed by atoms with E-state index in [0.717, 1.165) is 54.2 Å². The second kappa shape index (κ2) is 13.2. The van der Waals surface area contributed by atoms with Crippen molar-refractivity contribution < 1.29 is 9.59 Å². The number of hydrogen-bond acceptors (Lipinski definition) is 4. The van der Waals surface area contributed by atoms with Gasteiger partial charge in [0.2, 0.25) is 0 Å². The molecule has 0 bridgehead atoms. The van der Waals surface area contributed by atoms with Crippen LogP contribution in [0.15, 0.2) is 78.9 Å². The maximum atomic E-state index is 13.1. The van der Waals surface area contributed by atoms with E-state index in [1.54, 1.807) is 6.92 Å². The first-order chi connectivity index (χ1) is 16.0. The van der Waals surface area contributed by atoms with Gasteiger partial charge in [-0.1, -0.05) is 66.7 Å². The van der Waals surface area contributed by atoms with Crippen molar-refractivity contribution in [2.24, 2.45) is 0 Å². The van der Waals surface area contributed by atoms with Crippen molar-refractivity contribution >= 4 is 22.9 Å². The fourth-order valence-corrected chi connectivity index (χ4v) is 3.82. The van der Waals surface area contributed by atoms with Gasteiger partial charge >= 0.3 is 0 Å². The van der Waals surface area contributed by atoms with E-state index >= 15 is 0 Å². The molecule has 0 aliphatic carbocycles. The molecule has 0 unspecified atom stereocenters. The Kier molecular flexibility index (Phi) is 10.4. The van der Waals surface area contributed by atoms with Crippen LogP contribution in [0.4, 0.5) is 11.4 Å². The fourth-order valence-electron chi connectivity index (χ4n) is 3.82. The normalized spacial score (nSPS) is 10.1. The third-order valence-electron chi connectivity index (χ3n) is 5.66. The lowest BCUT2D eigenvalue weighted by Crippen LogP contribution is -2.30. The number of ketones is 2. The second-order valence-electron chi connectivity index (χ2n) is 7.64. The van der Waals surface area contributed by atoms with Gasteiger partial charge in [0, 0.05) is 42.9 Å². The maximum absolute atomic E-state index is 13.1. The Morgan fingerprint density at radius 3 is 1.52 bits per heavy atom. The van der Waals surface area contributed by atoms with E-state index in [4.69, 9.17) is 0 Å². The average Bonchev–Trinajstić information content (AvgIpc) is 2.87. The minimum absolute atomic E-state index is 0.0894. The van der Waals surface area contributed by atoms with E-state index in [-0.39, 0.29) is 11.6 Å². The van der Waals surface area contributed by atoms with E-state index in [9.17, 15) is 9.59 Å². The molecule has 174 valence electrons. The van der Waals surface area contributed by atoms with Crippen LogP contribution in [-0.4, -0.2) is 37.7 Å². The Morgan fingerprint density at radius 1 is 0.606 bits per heavy atom. The van der Waals surface area contributed by atoms with Crippen molar-refractivity contribution in [2.45, 2.75) is 34.6 Å². The highest BCUT2D eigenvalue weighted by Crippen LogP contribution is 2.34. The summed E-state index contributed by atoms with van der Waals surface area (Å²) in [5.74, 6) is 0.210. The van der Waals surface area contributed by atoms with E-state index in [2.05, 4.69) is 43.6 Å². The molecule has 3 aromatic rings. The fraction of sp³-hybridized carbons (Fsp3) is 0.310. The van der Waals surface area contributed by atoms with Gasteiger partial charge in [0.05, 0.1) is 11.4 Å². The molecule has 3 aromatic carbocycles. The number of Topliss-reactive ketones (excluding diaryl/α,β-unsaturated/α-hetero) is 1. The summed E-state index contributed by atoms with van der Waals surface area (Å²) in [6.07, 6.45) is 0. The molecule has 0 aliphatic heterocycles. The highest BCUT2D eigenvalue weighted by Gasteiger charge is 2.21. The van der Waals surface area contributed by atoms with Crippen molar-refractivity contribution in [1.82, 2.24) is 0 Å². The van der Waals surface area contributed by atoms with Crippen LogP contribution in [-0.2, 0) is 0 Å². The molecule has 0 saturated heterocycles. The number of benzene rings is 3. The Bertz CT molecular complexity index is 1010. The zero-order chi connectivity index (χ0) is 24.2. The van der Waals surface area contributed by atoms with Gasteiger partial charge in [0.1, 0.15) is 0 Å². The summed E-state index contributed by atoms with van der Waals surface area (Å²) in [6.45, 7) is 13.8. The molecule has 0 aromatic heterocycles. The molecule has 0 N–H and O–H groups in total. The van der Waals surface area contributed by atoms with Gasteiger partial charge in [-0.3, -0.25) is 9.59 Å². The number of rotatable bonds is 9. The summed E-state index contributed by atoms with van der Waals surface area (Å²) in [5, 5.41) is 0. The van der Waals surface area contributed by atoms with Crippen LogP contribution in [0.1, 0.15) is 60.9 Å². The van der Waals surface area contributed by atoms with Crippen LogP contribution in [0.2, 0.25) is 0 Å². The van der Waals surface area contributed by atoms with Gasteiger partial charge < -0.3 is 9.80 Å². The van der Waals surface area contributed by atoms with Crippen LogP contribution in [0.5, 0.6) is 0 Å². The van der Waals surface area contributed by atoms with Gasteiger partial charge in [-0.05, 0) is 46.8 Å². The van der Waals surface area contributed by atoms with E-state index < -0.39 is 0 Å². The van der Waals surface area contributed by atoms with E-state index in [1.807, 2.05) is 72.8 Å². The zero-order valence-corrected chi connectivity index (χ0v) is 20.5. The van der Waals surface area contributed by atoms with Crippen molar-refractivity contribution in [3.05, 3.63) is 95.6 Å². The van der Waals surface area contributed by atoms with Crippen LogP contribution in [0.3, 0.4) is 0 Å². The summed E-state index contributed by atoms with van der Waals surface area (Å²) in [7, 11) is 0. The van der Waals surface area contributed by atoms with Crippen LogP contribution in [0.25, 0.3) is 0 Å². The lowest BCUT2D eigenvalue weighted by Gasteiger charge is -2.31. The van der Waals surface area contributed by atoms with Crippen LogP contribution in [0, 0.1) is 0 Å². The Balaban J connectivity index is 0.000000357. The molecular formula is C29H36N2O2. The quantitative estimate of drug-likeness (QED) is 0.353. The van der Waals surface area contributed by atoms with Gasteiger partial charge in [0.15, 0.2) is 11.6 Å². The molecule has 0 heterocycles. The first kappa shape index (κ1) is 25.9. The van der Waals surface area contributed by atoms with E-state index in [0.29, 0.717) is 0 Å². The monoisotopic (exact) mass is 444 g/mol. The van der Waals surface area contributed by atoms with Gasteiger partial charge in [0.25, 0.3) is 0 Å². The third-order valence-corrected chi connectivity index (χ3v) is 5.66. The van der Waals surface area contributed by atoms with Crippen LogP contribution < -0.4 is 9.80 Å². The third kappa shape index (κ3) is 6.79. The largest absolute Gasteiger partial charge is 0.370 e. The lowest BCUT2D eigenvalue weighted by atomic mass is 9.99. The first-order valence-electron chi connectivity index (χ1n) is 11.8. The van der Waals surface area contributed by atoms with Gasteiger partial charge in [-0.25, -0.2) is 0 Å². The standard InChI is InChI=1S/C21H28N2O.C8H8O/c1-5-22(6-2)19-16-12-15-18(20(19)23(7-3)8-4)21(24)17-13-10-9-11-14-17;1-7(9)8-5-3-2-4-6-8/h9-16H,5-8H2,1-4H3;2-6H,1H3. The Labute approximate surface area is 198 Å². The summed E-state index contributed by atoms with van der Waals surface area (Å²) >= 11 is 0. The Morgan fingerprint density at radius 2 is 1.09 bits per heavy atom. The van der Waals surface area contributed by atoms with Crippen molar-refractivity contribution in [3.63, 3.8) is 0 Å². The summed E-state index contributed by atoms with van der Waals surface area (Å²) < 4.78 is 0. The molecular weight excluding hydrogens is 408 g/mol. The van der Waals surface area contributed by atoms with Crippen molar-refractivity contribution in [1.29, 1.82) is 0 Å². The molecule has 4 nitrogen and oxygen atoms in total. The SMILES string of the molecule is CC(=O)c1ccccc1.CCN(CC)c1cccc(C(=O)c2ccccc2)c1N(CC)CC. The van der Waals surface area contributed by atoms with E-state index in [1.165, 1.54) is 0 Å². The minimum atomic E-state index is 0.0894. The highest BCUT2D eigenvalue weighted by molar-refractivity contribution is 6.14. The molecule has 3 rings (SSSR count). The minimum Gasteiger partial charge on any atom is -0.370 e. The Hall–Kier alpha value is -3.40. The van der Waals surface area contributed by atoms with Crippen molar-refractivity contribution in [2.75, 3.05) is 36.0 Å². The molecule has 33 heavy (non-hydrogen) atoms. The molecule has 4 heteroatoms. The van der Waals surface area contributed by atoms with Gasteiger partial charge in [-0.15, -0.1) is 0 Å². The lowest BCUT2D eigenvalue weighted by molar-refractivity contribution is 0.101. The molecule has 0 fully saturated rings. The molecule has 0 aliphatic rings. The number of carbonyl (C=O) groups is 2. The number of carbonyl (C=O) groups excluding carboxylic acids is 2. The number of hydrogen-bond donors (Lipinski definition) is 0. The number of para-hydroxylation sites is 1. The number of nitrogens with zero attached hydrogens (tertiary/aromatic N) is 2. The molecule has 0 radical (unpaired) electrons. The predicted octanol–water partition coefficient (Wildman–Crippen LogP) is 6.50. The predicted molar refractivity (Wildman–Crippen MR) is 140 cm³/mol. The molecule has 0 atom stereocenters. The molecule has 0 amide bonds. The first-order valence-corrected chi connectivity index (χ1v) is 11.8. The average molecular weight is 445 g/mol. The zero-order valence-electron chi connectivity index (χ0n) is 20.5. The summed E-state index contributed by atoms with van der Waals surface area (Å²) in [4.78, 5) is 28.4. The summed E-state index contributed by atoms with van der Waals surface area (Å²) in [5.41, 5.74) is 4.50.